The maximum Gasteiger partial charge on any atom is 0.130 e. The molecule has 0 spiro atoms. The Labute approximate surface area is 174 Å². The molecule has 2 aliphatic rings. The van der Waals surface area contributed by atoms with Crippen molar-refractivity contribution >= 4 is 22.4 Å². The largest absolute Gasteiger partial charge is 0.398 e. The summed E-state index contributed by atoms with van der Waals surface area (Å²) >= 11 is 0. The van der Waals surface area contributed by atoms with Crippen LogP contribution >= 0.6 is 0 Å². The lowest BCUT2D eigenvalue weighted by Gasteiger charge is -2.35. The number of hydrazine groups is 1. The molecule has 2 fully saturated rings. The number of halogens is 1. The highest BCUT2D eigenvalue weighted by Gasteiger charge is 2.26. The highest BCUT2D eigenvalue weighted by Crippen LogP contribution is 2.37. The van der Waals surface area contributed by atoms with E-state index in [9.17, 15) is 4.39 Å². The molecule has 0 saturated carbocycles. The van der Waals surface area contributed by atoms with Gasteiger partial charge in [0.15, 0.2) is 0 Å². The summed E-state index contributed by atoms with van der Waals surface area (Å²) in [5.74, 6) is 0.513. The first-order valence-electron chi connectivity index (χ1n) is 10.3. The SMILES string of the molecule is C[C@@H]1COCCN1c1cc(-c2cc(F)ccc2N)c2ccnc(C3CCNN3)c2n1. The zero-order chi connectivity index (χ0) is 20.7. The number of nitrogens with zero attached hydrogens (tertiary/aromatic N) is 3. The van der Waals surface area contributed by atoms with Crippen molar-refractivity contribution in [2.24, 2.45) is 0 Å². The van der Waals surface area contributed by atoms with Crippen LogP contribution in [0.4, 0.5) is 15.9 Å². The summed E-state index contributed by atoms with van der Waals surface area (Å²) in [7, 11) is 0. The molecule has 2 aliphatic heterocycles. The normalized spacial score (nSPS) is 22.0. The number of pyridine rings is 2. The summed E-state index contributed by atoms with van der Waals surface area (Å²) in [5, 5.41) is 0.913. The van der Waals surface area contributed by atoms with Gasteiger partial charge in [-0.25, -0.2) is 14.8 Å². The summed E-state index contributed by atoms with van der Waals surface area (Å²) in [5.41, 5.74) is 16.5. The van der Waals surface area contributed by atoms with Gasteiger partial charge in [0.05, 0.1) is 36.5 Å². The fourth-order valence-corrected chi connectivity index (χ4v) is 4.30. The van der Waals surface area contributed by atoms with E-state index < -0.39 is 0 Å². The quantitative estimate of drug-likeness (QED) is 0.575. The Morgan fingerprint density at radius 2 is 2.13 bits per heavy atom. The molecule has 5 rings (SSSR count). The Hall–Kier alpha value is -2.81. The lowest BCUT2D eigenvalue weighted by molar-refractivity contribution is 0.0986. The van der Waals surface area contributed by atoms with E-state index in [1.54, 1.807) is 12.3 Å². The van der Waals surface area contributed by atoms with Crippen LogP contribution in [0.3, 0.4) is 0 Å². The summed E-state index contributed by atoms with van der Waals surface area (Å²) in [4.78, 5) is 11.9. The maximum absolute atomic E-state index is 14.1. The van der Waals surface area contributed by atoms with Gasteiger partial charge in [0.2, 0.25) is 0 Å². The van der Waals surface area contributed by atoms with Crippen molar-refractivity contribution in [1.82, 2.24) is 20.8 Å². The number of aromatic nitrogens is 2. The second-order valence-electron chi connectivity index (χ2n) is 7.88. The van der Waals surface area contributed by atoms with Crippen LogP contribution in [0.15, 0.2) is 36.5 Å². The maximum atomic E-state index is 14.1. The van der Waals surface area contributed by atoms with Crippen molar-refractivity contribution in [1.29, 1.82) is 0 Å². The highest BCUT2D eigenvalue weighted by atomic mass is 19.1. The molecule has 0 aliphatic carbocycles. The first-order chi connectivity index (χ1) is 14.6. The molecule has 7 nitrogen and oxygen atoms in total. The molecule has 4 heterocycles. The van der Waals surface area contributed by atoms with Crippen molar-refractivity contribution in [2.45, 2.75) is 25.4 Å². The molecule has 0 amide bonds. The van der Waals surface area contributed by atoms with Crippen molar-refractivity contribution in [3.05, 3.63) is 48.0 Å². The van der Waals surface area contributed by atoms with Crippen molar-refractivity contribution < 1.29 is 9.13 Å². The number of nitrogen functional groups attached to an aromatic ring is 1. The molecular weight excluding hydrogens is 383 g/mol. The van der Waals surface area contributed by atoms with Crippen LogP contribution in [0.1, 0.15) is 25.1 Å². The van der Waals surface area contributed by atoms with E-state index >= 15 is 0 Å². The Bertz CT molecular complexity index is 1080. The predicted molar refractivity (Wildman–Crippen MR) is 115 cm³/mol. The second kappa shape index (κ2) is 7.79. The van der Waals surface area contributed by atoms with E-state index in [-0.39, 0.29) is 17.9 Å². The van der Waals surface area contributed by atoms with Gasteiger partial charge in [-0.1, -0.05) is 0 Å². The minimum absolute atomic E-state index is 0.0660. The van der Waals surface area contributed by atoms with Crippen molar-refractivity contribution in [3.63, 3.8) is 0 Å². The summed E-state index contributed by atoms with van der Waals surface area (Å²) in [6, 6.07) is 8.68. The zero-order valence-electron chi connectivity index (χ0n) is 16.9. The fourth-order valence-electron chi connectivity index (χ4n) is 4.30. The van der Waals surface area contributed by atoms with Gasteiger partial charge in [0.1, 0.15) is 11.6 Å². The third-order valence-electron chi connectivity index (χ3n) is 5.87. The summed E-state index contributed by atoms with van der Waals surface area (Å²) in [6.45, 7) is 5.03. The molecule has 30 heavy (non-hydrogen) atoms. The third-order valence-corrected chi connectivity index (χ3v) is 5.87. The molecule has 2 aromatic heterocycles. The molecule has 156 valence electrons. The van der Waals surface area contributed by atoms with Crippen LogP contribution in [-0.2, 0) is 4.74 Å². The number of benzene rings is 1. The van der Waals surface area contributed by atoms with Gasteiger partial charge in [-0.05, 0) is 49.2 Å². The molecule has 3 aromatic rings. The van der Waals surface area contributed by atoms with Gasteiger partial charge in [-0.15, -0.1) is 0 Å². The monoisotopic (exact) mass is 408 g/mol. The standard InChI is InChI=1S/C22H25FN6O/c1-13-12-30-9-8-29(13)20-11-16(17-10-14(23)2-3-18(17)24)15-4-6-25-22(21(15)27-20)19-5-7-26-28-19/h2-4,6,10-11,13,19,26,28H,5,7-9,12,24H2,1H3/t13-,19?/m1/s1. The van der Waals surface area contributed by atoms with Crippen LogP contribution in [0.2, 0.25) is 0 Å². The fraction of sp³-hybridized carbons (Fsp3) is 0.364. The number of hydrogen-bond acceptors (Lipinski definition) is 7. The minimum Gasteiger partial charge on any atom is -0.398 e. The molecular formula is C22H25FN6O. The van der Waals surface area contributed by atoms with Gasteiger partial charge in [-0.2, -0.15) is 0 Å². The van der Waals surface area contributed by atoms with Crippen molar-refractivity contribution in [2.75, 3.05) is 36.9 Å². The Morgan fingerprint density at radius 1 is 1.23 bits per heavy atom. The van der Waals surface area contributed by atoms with E-state index in [2.05, 4.69) is 27.7 Å². The number of fused-ring (bicyclic) bond motifs is 1. The summed E-state index contributed by atoms with van der Waals surface area (Å²) < 4.78 is 19.8. The first kappa shape index (κ1) is 19.2. The van der Waals surface area contributed by atoms with Crippen LogP contribution < -0.4 is 21.5 Å². The Balaban J connectivity index is 1.76. The van der Waals surface area contributed by atoms with Gasteiger partial charge in [-0.3, -0.25) is 10.4 Å². The van der Waals surface area contributed by atoms with Gasteiger partial charge in [0, 0.05) is 35.9 Å². The van der Waals surface area contributed by atoms with Crippen LogP contribution in [0.5, 0.6) is 0 Å². The van der Waals surface area contributed by atoms with E-state index in [0.717, 1.165) is 47.5 Å². The van der Waals surface area contributed by atoms with Crippen LogP contribution in [0, 0.1) is 5.82 Å². The minimum atomic E-state index is -0.318. The van der Waals surface area contributed by atoms with Crippen molar-refractivity contribution in [3.8, 4) is 11.1 Å². The lowest BCUT2D eigenvalue weighted by Crippen LogP contribution is -2.44. The van der Waals surface area contributed by atoms with E-state index in [4.69, 9.17) is 15.5 Å². The number of hydrogen-bond donors (Lipinski definition) is 3. The Kier molecular flexibility index (Phi) is 4.98. The summed E-state index contributed by atoms with van der Waals surface area (Å²) in [6.07, 6.45) is 2.71. The zero-order valence-corrected chi connectivity index (χ0v) is 16.9. The topological polar surface area (TPSA) is 88.3 Å². The van der Waals surface area contributed by atoms with E-state index in [0.29, 0.717) is 24.5 Å². The van der Waals surface area contributed by atoms with E-state index in [1.807, 2.05) is 12.1 Å². The average Bonchev–Trinajstić information content (AvgIpc) is 3.29. The van der Waals surface area contributed by atoms with Crippen LogP contribution in [0.25, 0.3) is 22.0 Å². The van der Waals surface area contributed by atoms with Gasteiger partial charge in [0.25, 0.3) is 0 Å². The number of nitrogens with two attached hydrogens (primary N) is 1. The number of nitrogens with one attached hydrogen (secondary N) is 2. The second-order valence-corrected chi connectivity index (χ2v) is 7.88. The molecule has 0 radical (unpaired) electrons. The van der Waals surface area contributed by atoms with Crippen LogP contribution in [-0.4, -0.2) is 42.3 Å². The number of anilines is 2. The highest BCUT2D eigenvalue weighted by molar-refractivity contribution is 5.99. The molecule has 8 heteroatoms. The molecule has 4 N–H and O–H groups in total. The predicted octanol–water partition coefficient (Wildman–Crippen LogP) is 2.78. The number of rotatable bonds is 3. The third kappa shape index (κ3) is 3.36. The van der Waals surface area contributed by atoms with Gasteiger partial charge < -0.3 is 15.4 Å². The smallest absolute Gasteiger partial charge is 0.130 e. The van der Waals surface area contributed by atoms with Gasteiger partial charge >= 0.3 is 0 Å². The number of ether oxygens (including phenoxy) is 1. The molecule has 1 unspecified atom stereocenters. The average molecular weight is 408 g/mol. The van der Waals surface area contributed by atoms with E-state index in [1.165, 1.54) is 12.1 Å². The molecule has 2 saturated heterocycles. The molecule has 2 atom stereocenters. The first-order valence-corrected chi connectivity index (χ1v) is 10.3. The molecule has 0 bridgehead atoms. The number of morpholine rings is 1. The Morgan fingerprint density at radius 3 is 2.93 bits per heavy atom. The lowest BCUT2D eigenvalue weighted by atomic mass is 9.97. The molecule has 1 aromatic carbocycles.